The Bertz CT molecular complexity index is 839. The molecule has 156 valence electrons. The van der Waals surface area contributed by atoms with Crippen molar-refractivity contribution in [1.82, 2.24) is 10.2 Å². The van der Waals surface area contributed by atoms with E-state index in [0.29, 0.717) is 30.6 Å². The number of benzene rings is 2. The predicted molar refractivity (Wildman–Crippen MR) is 116 cm³/mol. The third-order valence-corrected chi connectivity index (χ3v) is 5.72. The van der Waals surface area contributed by atoms with Gasteiger partial charge in [-0.25, -0.2) is 0 Å². The van der Waals surface area contributed by atoms with Gasteiger partial charge in [-0.1, -0.05) is 35.9 Å². The van der Waals surface area contributed by atoms with E-state index in [1.165, 1.54) is 0 Å². The van der Waals surface area contributed by atoms with Gasteiger partial charge in [-0.2, -0.15) is 0 Å². The number of nitrogens with one attached hydrogen (secondary N) is 1. The minimum absolute atomic E-state index is 0.0382. The Morgan fingerprint density at radius 1 is 1.17 bits per heavy atom. The molecule has 3 rings (SSSR count). The van der Waals surface area contributed by atoms with Crippen molar-refractivity contribution in [2.75, 3.05) is 27.3 Å². The van der Waals surface area contributed by atoms with Crippen LogP contribution >= 0.6 is 11.6 Å². The van der Waals surface area contributed by atoms with Crippen LogP contribution in [-0.4, -0.2) is 44.2 Å². The van der Waals surface area contributed by atoms with Crippen molar-refractivity contribution in [2.45, 2.75) is 38.3 Å². The van der Waals surface area contributed by atoms with Gasteiger partial charge in [-0.3, -0.25) is 9.69 Å². The Labute approximate surface area is 177 Å². The summed E-state index contributed by atoms with van der Waals surface area (Å²) < 4.78 is 10.6. The van der Waals surface area contributed by atoms with Crippen LogP contribution in [0, 0.1) is 0 Å². The van der Waals surface area contributed by atoms with Gasteiger partial charge in [-0.15, -0.1) is 0 Å². The topological polar surface area (TPSA) is 50.8 Å². The lowest BCUT2D eigenvalue weighted by Crippen LogP contribution is -2.40. The summed E-state index contributed by atoms with van der Waals surface area (Å²) in [6.07, 6.45) is 3.00. The van der Waals surface area contributed by atoms with E-state index in [0.717, 1.165) is 35.4 Å². The zero-order valence-corrected chi connectivity index (χ0v) is 18.0. The van der Waals surface area contributed by atoms with E-state index in [4.69, 9.17) is 21.1 Å². The fourth-order valence-corrected chi connectivity index (χ4v) is 3.88. The van der Waals surface area contributed by atoms with Gasteiger partial charge in [0, 0.05) is 23.7 Å². The average Bonchev–Trinajstić information content (AvgIpc) is 3.57. The highest BCUT2D eigenvalue weighted by atomic mass is 35.5. The van der Waals surface area contributed by atoms with Crippen molar-refractivity contribution < 1.29 is 14.3 Å². The molecule has 1 saturated carbocycles. The molecule has 0 aromatic heterocycles. The molecule has 2 aromatic carbocycles. The molecule has 1 amide bonds. The number of carbonyl (C=O) groups is 1. The molecule has 5 nitrogen and oxygen atoms in total. The van der Waals surface area contributed by atoms with Crippen molar-refractivity contribution in [3.8, 4) is 11.5 Å². The molecule has 1 aliphatic carbocycles. The molecule has 0 spiro atoms. The molecule has 2 aromatic rings. The summed E-state index contributed by atoms with van der Waals surface area (Å²) in [6, 6.07) is 14.2. The van der Waals surface area contributed by atoms with Gasteiger partial charge < -0.3 is 14.8 Å². The number of nitrogens with zero attached hydrogens (tertiary/aromatic N) is 1. The monoisotopic (exact) mass is 416 g/mol. The van der Waals surface area contributed by atoms with E-state index in [1.807, 2.05) is 42.5 Å². The fraction of sp³-hybridized carbons (Fsp3) is 0.435. The highest BCUT2D eigenvalue weighted by Crippen LogP contribution is 2.36. The van der Waals surface area contributed by atoms with E-state index >= 15 is 0 Å². The highest BCUT2D eigenvalue weighted by molar-refractivity contribution is 6.31. The van der Waals surface area contributed by atoms with Gasteiger partial charge in [0.05, 0.1) is 20.8 Å². The molecule has 0 bridgehead atoms. The lowest BCUT2D eigenvalue weighted by molar-refractivity contribution is -0.122. The summed E-state index contributed by atoms with van der Waals surface area (Å²) in [4.78, 5) is 14.8. The smallest absolute Gasteiger partial charge is 0.234 e. The highest BCUT2D eigenvalue weighted by Gasteiger charge is 2.34. The van der Waals surface area contributed by atoms with Crippen molar-refractivity contribution >= 4 is 17.5 Å². The fourth-order valence-electron chi connectivity index (χ4n) is 3.59. The van der Waals surface area contributed by atoms with Crippen LogP contribution in [0.25, 0.3) is 0 Å². The summed E-state index contributed by atoms with van der Waals surface area (Å²) in [7, 11) is 3.24. The van der Waals surface area contributed by atoms with E-state index in [1.54, 1.807) is 14.2 Å². The minimum atomic E-state index is 0.0382. The zero-order chi connectivity index (χ0) is 20.8. The van der Waals surface area contributed by atoms with E-state index in [-0.39, 0.29) is 11.9 Å². The Morgan fingerprint density at radius 2 is 1.90 bits per heavy atom. The van der Waals surface area contributed by atoms with Gasteiger partial charge in [0.1, 0.15) is 0 Å². The minimum Gasteiger partial charge on any atom is -0.493 e. The van der Waals surface area contributed by atoms with Crippen LogP contribution in [0.15, 0.2) is 42.5 Å². The van der Waals surface area contributed by atoms with Crippen LogP contribution in [0.4, 0.5) is 0 Å². The number of hydrogen-bond donors (Lipinski definition) is 1. The lowest BCUT2D eigenvalue weighted by atomic mass is 10.1. The second-order valence-electron chi connectivity index (χ2n) is 7.39. The zero-order valence-electron chi connectivity index (χ0n) is 17.3. The molecule has 1 fully saturated rings. The molecule has 0 aliphatic heterocycles. The van der Waals surface area contributed by atoms with Crippen LogP contribution in [0.5, 0.6) is 11.5 Å². The molecule has 1 unspecified atom stereocenters. The van der Waals surface area contributed by atoms with E-state index < -0.39 is 0 Å². The molecule has 1 atom stereocenters. The van der Waals surface area contributed by atoms with Crippen molar-refractivity contribution in [2.24, 2.45) is 0 Å². The molecule has 29 heavy (non-hydrogen) atoms. The van der Waals surface area contributed by atoms with E-state index in [2.05, 4.69) is 17.1 Å². The van der Waals surface area contributed by atoms with Crippen LogP contribution < -0.4 is 14.8 Å². The number of amides is 1. The van der Waals surface area contributed by atoms with Crippen LogP contribution in [0.3, 0.4) is 0 Å². The lowest BCUT2D eigenvalue weighted by Gasteiger charge is -2.29. The van der Waals surface area contributed by atoms with Crippen LogP contribution in [0.2, 0.25) is 5.02 Å². The normalized spacial score (nSPS) is 14.5. The summed E-state index contributed by atoms with van der Waals surface area (Å²) in [6.45, 7) is 3.08. The van der Waals surface area contributed by atoms with E-state index in [9.17, 15) is 4.79 Å². The second-order valence-corrected chi connectivity index (χ2v) is 7.80. The Balaban J connectivity index is 1.54. The standard InChI is InChI=1S/C23H29ClN2O3/c1-16(19-6-4-5-7-20(19)24)26(18-9-10-18)15-23(27)25-13-12-17-8-11-21(28-2)22(14-17)29-3/h4-8,11,14,16,18H,9-10,12-13,15H2,1-3H3,(H,25,27). The Morgan fingerprint density at radius 3 is 2.55 bits per heavy atom. The maximum atomic E-state index is 12.6. The average molecular weight is 417 g/mol. The molecule has 6 heteroatoms. The number of ether oxygens (including phenoxy) is 2. The summed E-state index contributed by atoms with van der Waals surface area (Å²) in [5.74, 6) is 1.44. The molecule has 0 saturated heterocycles. The molecular weight excluding hydrogens is 388 g/mol. The molecular formula is C23H29ClN2O3. The SMILES string of the molecule is COc1ccc(CCNC(=O)CN(C2CC2)C(C)c2ccccc2Cl)cc1OC. The number of hydrogen-bond acceptors (Lipinski definition) is 4. The third-order valence-electron chi connectivity index (χ3n) is 5.38. The first kappa shape index (κ1) is 21.5. The van der Waals surface area contributed by atoms with Gasteiger partial charge in [0.25, 0.3) is 0 Å². The van der Waals surface area contributed by atoms with Crippen LogP contribution in [-0.2, 0) is 11.2 Å². The van der Waals surface area contributed by atoms with Crippen molar-refractivity contribution in [3.05, 3.63) is 58.6 Å². The first-order chi connectivity index (χ1) is 14.0. The number of rotatable bonds is 10. The predicted octanol–water partition coefficient (Wildman–Crippen LogP) is 4.24. The largest absolute Gasteiger partial charge is 0.493 e. The Kier molecular flexibility index (Phi) is 7.40. The Hall–Kier alpha value is -2.24. The van der Waals surface area contributed by atoms with Crippen molar-refractivity contribution in [1.29, 1.82) is 0 Å². The first-order valence-corrected chi connectivity index (χ1v) is 10.4. The molecule has 0 radical (unpaired) electrons. The summed E-state index contributed by atoms with van der Waals surface area (Å²) in [5, 5.41) is 3.80. The van der Waals surface area contributed by atoms with Crippen molar-refractivity contribution in [3.63, 3.8) is 0 Å². The number of carbonyl (C=O) groups excluding carboxylic acids is 1. The van der Waals surface area contributed by atoms with Gasteiger partial charge >= 0.3 is 0 Å². The maximum absolute atomic E-state index is 12.6. The molecule has 0 heterocycles. The number of methoxy groups -OCH3 is 2. The van der Waals surface area contributed by atoms with Gasteiger partial charge in [0.2, 0.25) is 5.91 Å². The quantitative estimate of drug-likeness (QED) is 0.629. The number of halogens is 1. The second kappa shape index (κ2) is 9.99. The molecule has 1 aliphatic rings. The summed E-state index contributed by atoms with van der Waals surface area (Å²) in [5.41, 5.74) is 2.16. The van der Waals surface area contributed by atoms with Crippen LogP contribution in [0.1, 0.15) is 36.9 Å². The van der Waals surface area contributed by atoms with Gasteiger partial charge in [0.15, 0.2) is 11.5 Å². The maximum Gasteiger partial charge on any atom is 0.234 e. The third kappa shape index (κ3) is 5.64. The van der Waals surface area contributed by atoms with Gasteiger partial charge in [-0.05, 0) is 55.5 Å². The first-order valence-electron chi connectivity index (χ1n) is 10.0. The molecule has 1 N–H and O–H groups in total. The summed E-state index contributed by atoms with van der Waals surface area (Å²) >= 11 is 6.38.